The highest BCUT2D eigenvalue weighted by Crippen LogP contribution is 2.24. The van der Waals surface area contributed by atoms with Crippen LogP contribution in [0.15, 0.2) is 46.9 Å². The second-order valence-corrected chi connectivity index (χ2v) is 6.10. The second kappa shape index (κ2) is 5.90. The van der Waals surface area contributed by atoms with Crippen molar-refractivity contribution in [1.82, 2.24) is 9.55 Å². The molecule has 4 heteroatoms. The van der Waals surface area contributed by atoms with E-state index in [9.17, 15) is 0 Å². The van der Waals surface area contributed by atoms with Crippen LogP contribution >= 0.6 is 15.9 Å². The lowest BCUT2D eigenvalue weighted by atomic mass is 10.1. The number of aryl methyl sites for hydroxylation is 1. The number of nitrogens with zero attached hydrogens (tertiary/aromatic N) is 2. The molecule has 0 amide bonds. The molecular formula is C17H18BrN3. The zero-order chi connectivity index (χ0) is 14.8. The van der Waals surface area contributed by atoms with E-state index < -0.39 is 0 Å². The predicted molar refractivity (Wildman–Crippen MR) is 91.4 cm³/mol. The SMILES string of the molecule is CCCn1c(Cc2ccccc2N)nc2cc(Br)ccc21. The van der Waals surface area contributed by atoms with Gasteiger partial charge in [-0.15, -0.1) is 0 Å². The zero-order valence-electron chi connectivity index (χ0n) is 12.0. The summed E-state index contributed by atoms with van der Waals surface area (Å²) in [6.45, 7) is 3.16. The molecule has 0 bridgehead atoms. The second-order valence-electron chi connectivity index (χ2n) is 5.19. The Kier molecular flexibility index (Phi) is 3.97. The summed E-state index contributed by atoms with van der Waals surface area (Å²) < 4.78 is 3.36. The number of anilines is 1. The number of imidazole rings is 1. The van der Waals surface area contributed by atoms with Gasteiger partial charge >= 0.3 is 0 Å². The maximum absolute atomic E-state index is 6.07. The van der Waals surface area contributed by atoms with Crippen LogP contribution in [0.4, 0.5) is 5.69 Å². The minimum Gasteiger partial charge on any atom is -0.398 e. The monoisotopic (exact) mass is 343 g/mol. The molecule has 1 heterocycles. The fraction of sp³-hybridized carbons (Fsp3) is 0.235. The molecule has 1 aromatic heterocycles. The van der Waals surface area contributed by atoms with Crippen molar-refractivity contribution in [2.75, 3.05) is 5.73 Å². The van der Waals surface area contributed by atoms with Crippen molar-refractivity contribution >= 4 is 32.7 Å². The number of hydrogen-bond donors (Lipinski definition) is 1. The molecule has 2 aromatic carbocycles. The fourth-order valence-corrected chi connectivity index (χ4v) is 2.98. The Morgan fingerprint density at radius 1 is 1.19 bits per heavy atom. The quantitative estimate of drug-likeness (QED) is 0.714. The minimum atomic E-state index is 0.763. The molecular weight excluding hydrogens is 326 g/mol. The molecule has 0 radical (unpaired) electrons. The lowest BCUT2D eigenvalue weighted by Crippen LogP contribution is -2.05. The van der Waals surface area contributed by atoms with Crippen molar-refractivity contribution in [3.05, 3.63) is 58.3 Å². The van der Waals surface area contributed by atoms with Crippen LogP contribution in [0.25, 0.3) is 11.0 Å². The van der Waals surface area contributed by atoms with E-state index in [0.717, 1.165) is 46.5 Å². The highest BCUT2D eigenvalue weighted by atomic mass is 79.9. The van der Waals surface area contributed by atoms with Gasteiger partial charge in [0.15, 0.2) is 0 Å². The van der Waals surface area contributed by atoms with Gasteiger partial charge in [0.1, 0.15) is 5.82 Å². The third-order valence-corrected chi connectivity index (χ3v) is 4.13. The number of nitrogen functional groups attached to an aromatic ring is 1. The molecule has 2 N–H and O–H groups in total. The largest absolute Gasteiger partial charge is 0.398 e. The highest BCUT2D eigenvalue weighted by Gasteiger charge is 2.12. The first kappa shape index (κ1) is 14.1. The van der Waals surface area contributed by atoms with Gasteiger partial charge in [-0.1, -0.05) is 41.1 Å². The Morgan fingerprint density at radius 3 is 2.76 bits per heavy atom. The van der Waals surface area contributed by atoms with E-state index in [2.05, 4.69) is 51.7 Å². The maximum Gasteiger partial charge on any atom is 0.114 e. The molecule has 3 aromatic rings. The van der Waals surface area contributed by atoms with Crippen LogP contribution < -0.4 is 5.73 Å². The van der Waals surface area contributed by atoms with Crippen LogP contribution in [-0.4, -0.2) is 9.55 Å². The topological polar surface area (TPSA) is 43.8 Å². The Morgan fingerprint density at radius 2 is 2.00 bits per heavy atom. The number of nitrogens with two attached hydrogens (primary N) is 1. The molecule has 0 fully saturated rings. The van der Waals surface area contributed by atoms with Crippen molar-refractivity contribution in [3.8, 4) is 0 Å². The molecule has 21 heavy (non-hydrogen) atoms. The molecule has 0 saturated carbocycles. The molecule has 0 saturated heterocycles. The van der Waals surface area contributed by atoms with Crippen molar-refractivity contribution in [2.24, 2.45) is 0 Å². The van der Waals surface area contributed by atoms with E-state index in [4.69, 9.17) is 10.7 Å². The van der Waals surface area contributed by atoms with Gasteiger partial charge in [-0.05, 0) is 36.2 Å². The van der Waals surface area contributed by atoms with E-state index in [1.54, 1.807) is 0 Å². The first-order valence-corrected chi connectivity index (χ1v) is 7.96. The summed E-state index contributed by atoms with van der Waals surface area (Å²) in [5.74, 6) is 1.07. The van der Waals surface area contributed by atoms with Gasteiger partial charge in [-0.2, -0.15) is 0 Å². The van der Waals surface area contributed by atoms with E-state index >= 15 is 0 Å². The third-order valence-electron chi connectivity index (χ3n) is 3.64. The first-order valence-electron chi connectivity index (χ1n) is 7.17. The van der Waals surface area contributed by atoms with E-state index in [1.807, 2.05) is 18.2 Å². The maximum atomic E-state index is 6.07. The summed E-state index contributed by atoms with van der Waals surface area (Å²) in [7, 11) is 0. The molecule has 0 aliphatic carbocycles. The predicted octanol–water partition coefficient (Wildman–Crippen LogP) is 4.38. The van der Waals surface area contributed by atoms with E-state index in [-0.39, 0.29) is 0 Å². The smallest absolute Gasteiger partial charge is 0.114 e. The van der Waals surface area contributed by atoms with Crippen LogP contribution in [-0.2, 0) is 13.0 Å². The molecule has 3 nitrogen and oxygen atoms in total. The number of rotatable bonds is 4. The lowest BCUT2D eigenvalue weighted by Gasteiger charge is -2.09. The van der Waals surface area contributed by atoms with Gasteiger partial charge in [-0.3, -0.25) is 0 Å². The van der Waals surface area contributed by atoms with Gasteiger partial charge < -0.3 is 10.3 Å². The summed E-state index contributed by atoms with van der Waals surface area (Å²) in [6, 6.07) is 14.3. The van der Waals surface area contributed by atoms with E-state index in [1.165, 1.54) is 5.52 Å². The van der Waals surface area contributed by atoms with Crippen molar-refractivity contribution in [3.63, 3.8) is 0 Å². The molecule has 3 rings (SSSR count). The average molecular weight is 344 g/mol. The Bertz CT molecular complexity index is 777. The number of para-hydroxylation sites is 1. The average Bonchev–Trinajstić information content (AvgIpc) is 2.79. The molecule has 108 valence electrons. The Labute approximate surface area is 132 Å². The minimum absolute atomic E-state index is 0.763. The van der Waals surface area contributed by atoms with Crippen LogP contribution in [0.1, 0.15) is 24.7 Å². The van der Waals surface area contributed by atoms with Crippen LogP contribution in [0.3, 0.4) is 0 Å². The van der Waals surface area contributed by atoms with E-state index in [0.29, 0.717) is 0 Å². The molecule has 0 aliphatic heterocycles. The highest BCUT2D eigenvalue weighted by molar-refractivity contribution is 9.10. The van der Waals surface area contributed by atoms with Gasteiger partial charge in [0.2, 0.25) is 0 Å². The molecule has 0 atom stereocenters. The van der Waals surface area contributed by atoms with Gasteiger partial charge in [0, 0.05) is 23.1 Å². The first-order chi connectivity index (χ1) is 10.2. The summed E-state index contributed by atoms with van der Waals surface area (Å²) in [5, 5.41) is 0. The summed E-state index contributed by atoms with van der Waals surface area (Å²) in [5.41, 5.74) is 10.2. The molecule has 0 unspecified atom stereocenters. The van der Waals surface area contributed by atoms with Crippen LogP contribution in [0.5, 0.6) is 0 Å². The van der Waals surface area contributed by atoms with Crippen LogP contribution in [0, 0.1) is 0 Å². The number of hydrogen-bond acceptors (Lipinski definition) is 2. The van der Waals surface area contributed by atoms with Crippen LogP contribution in [0.2, 0.25) is 0 Å². The van der Waals surface area contributed by atoms with Crippen molar-refractivity contribution in [2.45, 2.75) is 26.3 Å². The normalized spacial score (nSPS) is 11.1. The standard InChI is InChI=1S/C17H18BrN3/c1-2-9-21-16-8-7-13(18)11-15(16)20-17(21)10-12-5-3-4-6-14(12)19/h3-8,11H,2,9-10,19H2,1H3. The molecule has 0 spiro atoms. The van der Waals surface area contributed by atoms with Gasteiger partial charge in [0.05, 0.1) is 11.0 Å². The van der Waals surface area contributed by atoms with Crippen molar-refractivity contribution < 1.29 is 0 Å². The zero-order valence-corrected chi connectivity index (χ0v) is 13.6. The van der Waals surface area contributed by atoms with Gasteiger partial charge in [0.25, 0.3) is 0 Å². The lowest BCUT2D eigenvalue weighted by molar-refractivity contribution is 0.664. The summed E-state index contributed by atoms with van der Waals surface area (Å²) in [6.07, 6.45) is 1.85. The Hall–Kier alpha value is -1.81. The summed E-state index contributed by atoms with van der Waals surface area (Å²) in [4.78, 5) is 4.81. The summed E-state index contributed by atoms with van der Waals surface area (Å²) >= 11 is 3.51. The van der Waals surface area contributed by atoms with Gasteiger partial charge in [-0.25, -0.2) is 4.98 Å². The number of halogens is 1. The third kappa shape index (κ3) is 2.81. The number of aromatic nitrogens is 2. The number of fused-ring (bicyclic) bond motifs is 1. The molecule has 0 aliphatic rings. The number of benzene rings is 2. The van der Waals surface area contributed by atoms with Crippen molar-refractivity contribution in [1.29, 1.82) is 0 Å². The fourth-order valence-electron chi connectivity index (χ4n) is 2.63. The Balaban J connectivity index is 2.08.